The molecule has 0 saturated heterocycles. The Hall–Kier alpha value is -2.45. The zero-order valence-electron chi connectivity index (χ0n) is 16.7. The summed E-state index contributed by atoms with van der Waals surface area (Å²) in [6.07, 6.45) is 2.92. The van der Waals surface area contributed by atoms with Gasteiger partial charge in [0.15, 0.2) is 0 Å². The summed E-state index contributed by atoms with van der Waals surface area (Å²) >= 11 is 0. The van der Waals surface area contributed by atoms with Gasteiger partial charge in [-0.25, -0.2) is 4.98 Å². The first-order chi connectivity index (χ1) is 14.4. The Morgan fingerprint density at radius 2 is 2.13 bits per heavy atom. The van der Waals surface area contributed by atoms with Crippen molar-refractivity contribution in [2.45, 2.75) is 56.8 Å². The molecule has 0 amide bonds. The molecule has 0 radical (unpaired) electrons. The molecule has 1 aliphatic carbocycles. The number of aryl methyl sites for hydroxylation is 1. The van der Waals surface area contributed by atoms with Crippen molar-refractivity contribution >= 4 is 11.0 Å². The van der Waals surface area contributed by atoms with Gasteiger partial charge in [0, 0.05) is 24.7 Å². The van der Waals surface area contributed by atoms with Crippen LogP contribution in [-0.2, 0) is 19.0 Å². The van der Waals surface area contributed by atoms with Crippen molar-refractivity contribution in [2.75, 3.05) is 6.54 Å². The van der Waals surface area contributed by atoms with Crippen molar-refractivity contribution in [1.29, 1.82) is 0 Å². The number of hydrogen-bond donors (Lipinski definition) is 3. The Labute approximate surface area is 173 Å². The maximum atomic E-state index is 13.0. The first-order valence-electron chi connectivity index (χ1n) is 10.4. The van der Waals surface area contributed by atoms with Crippen LogP contribution in [0.1, 0.15) is 54.4 Å². The average Bonchev–Trinajstić information content (AvgIpc) is 3.13. The fourth-order valence-corrected chi connectivity index (χ4v) is 4.23. The molecule has 160 valence electrons. The van der Waals surface area contributed by atoms with Crippen LogP contribution < -0.4 is 11.1 Å². The minimum absolute atomic E-state index is 0.106. The third-order valence-electron chi connectivity index (χ3n) is 5.69. The Balaban J connectivity index is 1.53. The first kappa shape index (κ1) is 20.8. The predicted octanol–water partition coefficient (Wildman–Crippen LogP) is 4.29. The highest BCUT2D eigenvalue weighted by molar-refractivity contribution is 5.76. The van der Waals surface area contributed by atoms with Gasteiger partial charge in [-0.1, -0.05) is 6.07 Å². The molecule has 2 heterocycles. The second-order valence-electron chi connectivity index (χ2n) is 7.90. The summed E-state index contributed by atoms with van der Waals surface area (Å²) in [7, 11) is 0. The number of nitrogens with one attached hydrogen (secondary N) is 2. The summed E-state index contributed by atoms with van der Waals surface area (Å²) in [5, 5.41) is 3.72. The molecule has 1 aliphatic rings. The fraction of sp³-hybridized carbons (Fsp3) is 0.455. The number of imidazole rings is 1. The van der Waals surface area contributed by atoms with E-state index in [1.165, 1.54) is 11.6 Å². The lowest BCUT2D eigenvalue weighted by Crippen LogP contribution is -2.37. The van der Waals surface area contributed by atoms with E-state index in [-0.39, 0.29) is 12.1 Å². The number of rotatable bonds is 7. The van der Waals surface area contributed by atoms with Crippen LogP contribution in [0.25, 0.3) is 11.0 Å². The van der Waals surface area contributed by atoms with Crippen LogP contribution in [0, 0.1) is 0 Å². The molecule has 3 aromatic rings. The lowest BCUT2D eigenvalue weighted by atomic mass is 9.91. The van der Waals surface area contributed by atoms with Crippen LogP contribution in [0.4, 0.5) is 13.2 Å². The second-order valence-corrected chi connectivity index (χ2v) is 7.90. The zero-order chi connectivity index (χ0) is 21.1. The van der Waals surface area contributed by atoms with Crippen LogP contribution in [0.15, 0.2) is 36.5 Å². The van der Waals surface area contributed by atoms with Crippen molar-refractivity contribution in [3.8, 4) is 0 Å². The van der Waals surface area contributed by atoms with Crippen molar-refractivity contribution in [3.05, 3.63) is 59.2 Å². The lowest BCUT2D eigenvalue weighted by molar-refractivity contribution is -0.137. The van der Waals surface area contributed by atoms with Gasteiger partial charge >= 0.3 is 6.18 Å². The van der Waals surface area contributed by atoms with Crippen LogP contribution in [-0.4, -0.2) is 27.5 Å². The Bertz CT molecular complexity index is 998. The van der Waals surface area contributed by atoms with Crippen LogP contribution in [0.5, 0.6) is 0 Å². The Morgan fingerprint density at radius 3 is 2.93 bits per heavy atom. The predicted molar refractivity (Wildman–Crippen MR) is 110 cm³/mol. The van der Waals surface area contributed by atoms with E-state index in [1.807, 2.05) is 12.3 Å². The maximum absolute atomic E-state index is 13.0. The second kappa shape index (κ2) is 8.73. The zero-order valence-corrected chi connectivity index (χ0v) is 16.7. The van der Waals surface area contributed by atoms with Gasteiger partial charge in [0.1, 0.15) is 5.82 Å². The van der Waals surface area contributed by atoms with Gasteiger partial charge < -0.3 is 16.0 Å². The highest BCUT2D eigenvalue weighted by atomic mass is 19.4. The maximum Gasteiger partial charge on any atom is 0.416 e. The topological polar surface area (TPSA) is 79.6 Å². The van der Waals surface area contributed by atoms with Gasteiger partial charge in [-0.3, -0.25) is 4.98 Å². The van der Waals surface area contributed by atoms with Gasteiger partial charge in [0.2, 0.25) is 0 Å². The summed E-state index contributed by atoms with van der Waals surface area (Å²) in [5.74, 6) is 0.677. The number of aromatic nitrogens is 3. The van der Waals surface area contributed by atoms with Crippen molar-refractivity contribution in [2.24, 2.45) is 5.73 Å². The van der Waals surface area contributed by atoms with Gasteiger partial charge in [-0.2, -0.15) is 13.2 Å². The number of alkyl halides is 3. The van der Waals surface area contributed by atoms with Crippen LogP contribution in [0.2, 0.25) is 0 Å². The van der Waals surface area contributed by atoms with E-state index < -0.39 is 11.7 Å². The summed E-state index contributed by atoms with van der Waals surface area (Å²) in [4.78, 5) is 12.2. The Kier molecular flexibility index (Phi) is 6.06. The van der Waals surface area contributed by atoms with Gasteiger partial charge in [0.05, 0.1) is 22.3 Å². The summed E-state index contributed by atoms with van der Waals surface area (Å²) in [6, 6.07) is 7.99. The minimum atomic E-state index is -4.38. The number of fused-ring (bicyclic) bond motifs is 2. The molecule has 0 saturated carbocycles. The van der Waals surface area contributed by atoms with E-state index in [4.69, 9.17) is 5.73 Å². The first-order valence-corrected chi connectivity index (χ1v) is 10.4. The number of aromatic amines is 1. The summed E-state index contributed by atoms with van der Waals surface area (Å²) < 4.78 is 39.0. The number of pyridine rings is 1. The van der Waals surface area contributed by atoms with Crippen molar-refractivity contribution < 1.29 is 13.2 Å². The molecule has 2 aromatic heterocycles. The third kappa shape index (κ3) is 4.65. The quantitative estimate of drug-likeness (QED) is 0.536. The monoisotopic (exact) mass is 417 g/mol. The van der Waals surface area contributed by atoms with Gasteiger partial charge in [0.25, 0.3) is 0 Å². The number of nitrogens with two attached hydrogens (primary N) is 1. The smallest absolute Gasteiger partial charge is 0.342 e. The average molecular weight is 417 g/mol. The molecule has 4 rings (SSSR count). The number of H-pyrrole nitrogens is 1. The largest absolute Gasteiger partial charge is 0.416 e. The van der Waals surface area contributed by atoms with E-state index in [1.54, 1.807) is 0 Å². The van der Waals surface area contributed by atoms with E-state index in [0.717, 1.165) is 49.9 Å². The highest BCUT2D eigenvalue weighted by Gasteiger charge is 2.31. The van der Waals surface area contributed by atoms with E-state index in [9.17, 15) is 13.2 Å². The van der Waals surface area contributed by atoms with E-state index >= 15 is 0 Å². The molecule has 0 aliphatic heterocycles. The molecular formula is C22H26F3N5. The molecule has 0 bridgehead atoms. The molecule has 0 fully saturated rings. The fourth-order valence-electron chi connectivity index (χ4n) is 4.23. The molecule has 5 nitrogen and oxygen atoms in total. The number of hydrogen-bond acceptors (Lipinski definition) is 4. The molecule has 0 spiro atoms. The van der Waals surface area contributed by atoms with Gasteiger partial charge in [-0.05, 0) is 68.5 Å². The number of nitrogens with zero attached hydrogens (tertiary/aromatic N) is 2. The SMILES string of the molecule is NCCCC(Cc1nc2cc(C(F)(F)F)ccc2[nH]1)NC1CCCc2cccnc21. The van der Waals surface area contributed by atoms with Crippen molar-refractivity contribution in [1.82, 2.24) is 20.3 Å². The molecular weight excluding hydrogens is 391 g/mol. The molecule has 2 unspecified atom stereocenters. The van der Waals surface area contributed by atoms with Crippen LogP contribution >= 0.6 is 0 Å². The normalized spacial score (nSPS) is 17.8. The molecule has 30 heavy (non-hydrogen) atoms. The lowest BCUT2D eigenvalue weighted by Gasteiger charge is -2.29. The molecule has 1 aromatic carbocycles. The summed E-state index contributed by atoms with van der Waals surface area (Å²) in [5.41, 5.74) is 8.37. The number of benzene rings is 1. The summed E-state index contributed by atoms with van der Waals surface area (Å²) in [6.45, 7) is 0.590. The molecule has 2 atom stereocenters. The minimum Gasteiger partial charge on any atom is -0.342 e. The van der Waals surface area contributed by atoms with Crippen molar-refractivity contribution in [3.63, 3.8) is 0 Å². The van der Waals surface area contributed by atoms with E-state index in [2.05, 4.69) is 26.3 Å². The standard InChI is InChI=1S/C22H26F3N5/c23-22(24,25)15-8-9-17-19(12-15)30-20(29-17)13-16(6-2-10-26)28-18-7-1-4-14-5-3-11-27-21(14)18/h3,5,8-9,11-12,16,18,28H,1-2,4,6-7,10,13,26H2,(H,29,30). The third-order valence-corrected chi connectivity index (χ3v) is 5.69. The Morgan fingerprint density at radius 1 is 1.27 bits per heavy atom. The van der Waals surface area contributed by atoms with Gasteiger partial charge in [-0.15, -0.1) is 0 Å². The highest BCUT2D eigenvalue weighted by Crippen LogP contribution is 2.31. The van der Waals surface area contributed by atoms with Crippen LogP contribution in [0.3, 0.4) is 0 Å². The molecule has 4 N–H and O–H groups in total. The van der Waals surface area contributed by atoms with E-state index in [0.29, 0.717) is 29.8 Å². The number of halogens is 3. The molecule has 8 heteroatoms.